The Morgan fingerprint density at radius 2 is 1.75 bits per heavy atom. The molecular formula is C23H28ClNO7. The number of halogens is 1. The molecule has 0 spiro atoms. The largest absolute Gasteiger partial charge is 0.493 e. The van der Waals surface area contributed by atoms with Crippen LogP contribution in [-0.4, -0.2) is 53.0 Å². The van der Waals surface area contributed by atoms with Crippen LogP contribution < -0.4 is 24.3 Å². The van der Waals surface area contributed by atoms with E-state index in [0.717, 1.165) is 17.7 Å². The van der Waals surface area contributed by atoms with Gasteiger partial charge in [0, 0.05) is 12.0 Å². The van der Waals surface area contributed by atoms with Crippen molar-refractivity contribution >= 4 is 24.2 Å². The summed E-state index contributed by atoms with van der Waals surface area (Å²) in [4.78, 5) is 26.0. The number of Topliss-reactive ketones (excluding diaryl/α,β-unsaturated/α-hetero) is 1. The third-order valence-corrected chi connectivity index (χ3v) is 5.02. The van der Waals surface area contributed by atoms with E-state index in [4.69, 9.17) is 23.7 Å². The Labute approximate surface area is 193 Å². The van der Waals surface area contributed by atoms with Crippen molar-refractivity contribution in [3.8, 4) is 23.0 Å². The van der Waals surface area contributed by atoms with E-state index in [-0.39, 0.29) is 54.9 Å². The summed E-state index contributed by atoms with van der Waals surface area (Å²) >= 11 is 0. The summed E-state index contributed by atoms with van der Waals surface area (Å²) < 4.78 is 26.8. The van der Waals surface area contributed by atoms with Crippen LogP contribution in [0.3, 0.4) is 0 Å². The van der Waals surface area contributed by atoms with Gasteiger partial charge < -0.3 is 29.0 Å². The van der Waals surface area contributed by atoms with Crippen molar-refractivity contribution in [1.82, 2.24) is 5.32 Å². The van der Waals surface area contributed by atoms with Crippen LogP contribution >= 0.6 is 12.4 Å². The molecule has 1 heterocycles. The summed E-state index contributed by atoms with van der Waals surface area (Å²) in [6.45, 7) is 2.77. The topological polar surface area (TPSA) is 92.3 Å². The van der Waals surface area contributed by atoms with Crippen LogP contribution in [0.15, 0.2) is 24.3 Å². The van der Waals surface area contributed by atoms with Crippen molar-refractivity contribution in [2.75, 3.05) is 41.2 Å². The van der Waals surface area contributed by atoms with Crippen molar-refractivity contribution < 1.29 is 33.3 Å². The molecule has 1 aliphatic rings. The number of methoxy groups -OCH3 is 2. The number of rotatable bonds is 10. The maximum absolute atomic E-state index is 13.3. The Morgan fingerprint density at radius 1 is 1.06 bits per heavy atom. The molecule has 174 valence electrons. The van der Waals surface area contributed by atoms with Crippen LogP contribution in [0, 0.1) is 0 Å². The first kappa shape index (κ1) is 25.3. The Bertz CT molecular complexity index is 977. The number of hydrogen-bond acceptors (Lipinski definition) is 8. The van der Waals surface area contributed by atoms with Crippen molar-refractivity contribution in [3.63, 3.8) is 0 Å². The van der Waals surface area contributed by atoms with E-state index in [1.165, 1.54) is 14.2 Å². The van der Waals surface area contributed by atoms with Gasteiger partial charge in [-0.05, 0) is 62.3 Å². The third-order valence-electron chi connectivity index (χ3n) is 5.02. The van der Waals surface area contributed by atoms with E-state index in [1.807, 2.05) is 19.2 Å². The quantitative estimate of drug-likeness (QED) is 0.422. The number of carbonyl (C=O) groups excluding carboxylic acids is 2. The standard InChI is InChI=1S/C23H27NO7.ClH/c1-5-29-23(26)21-16(6-7-18(27-3)22(21)28-4)17(25)10-15-12-20-19(30-13-31-20)11-14(15)8-9-24-2;/h6-7,11-12,24H,5,8-10,13H2,1-4H3;1H. The molecule has 0 unspecified atom stereocenters. The van der Waals surface area contributed by atoms with Gasteiger partial charge in [0.15, 0.2) is 28.8 Å². The minimum atomic E-state index is -0.636. The van der Waals surface area contributed by atoms with Crippen LogP contribution in [-0.2, 0) is 17.6 Å². The zero-order chi connectivity index (χ0) is 22.4. The second-order valence-corrected chi connectivity index (χ2v) is 6.87. The molecule has 1 aliphatic heterocycles. The van der Waals surface area contributed by atoms with E-state index in [9.17, 15) is 9.59 Å². The summed E-state index contributed by atoms with van der Waals surface area (Å²) in [7, 11) is 4.75. The lowest BCUT2D eigenvalue weighted by atomic mass is 9.93. The molecule has 0 bridgehead atoms. The highest BCUT2D eigenvalue weighted by atomic mass is 35.5. The van der Waals surface area contributed by atoms with Gasteiger partial charge in [-0.3, -0.25) is 4.79 Å². The number of ether oxygens (including phenoxy) is 5. The molecule has 2 aromatic rings. The van der Waals surface area contributed by atoms with Crippen LogP contribution in [0.1, 0.15) is 38.8 Å². The lowest BCUT2D eigenvalue weighted by molar-refractivity contribution is 0.0518. The number of likely N-dealkylation sites (N-methyl/N-ethyl adjacent to an activating group) is 1. The molecule has 3 rings (SSSR count). The first-order valence-electron chi connectivity index (χ1n) is 10.0. The summed E-state index contributed by atoms with van der Waals surface area (Å²) in [5.74, 6) is 0.915. The molecule has 32 heavy (non-hydrogen) atoms. The summed E-state index contributed by atoms with van der Waals surface area (Å²) in [5, 5.41) is 3.11. The second kappa shape index (κ2) is 11.6. The minimum Gasteiger partial charge on any atom is -0.493 e. The molecule has 0 saturated carbocycles. The highest BCUT2D eigenvalue weighted by molar-refractivity contribution is 6.09. The average Bonchev–Trinajstić information content (AvgIpc) is 3.23. The van der Waals surface area contributed by atoms with Gasteiger partial charge in [-0.15, -0.1) is 12.4 Å². The lowest BCUT2D eigenvalue weighted by Crippen LogP contribution is -2.17. The molecule has 0 atom stereocenters. The predicted octanol–water partition coefficient (Wildman–Crippen LogP) is 3.22. The molecule has 0 amide bonds. The molecule has 0 aromatic heterocycles. The van der Waals surface area contributed by atoms with Crippen LogP contribution in [0.2, 0.25) is 0 Å². The fraction of sp³-hybridized carbons (Fsp3) is 0.391. The van der Waals surface area contributed by atoms with Crippen molar-refractivity contribution in [2.45, 2.75) is 19.8 Å². The summed E-state index contributed by atoms with van der Waals surface area (Å²) in [5.41, 5.74) is 2.07. The number of benzene rings is 2. The Balaban J connectivity index is 0.00000363. The molecule has 0 saturated heterocycles. The maximum atomic E-state index is 13.3. The van der Waals surface area contributed by atoms with Crippen LogP contribution in [0.4, 0.5) is 0 Å². The molecule has 0 fully saturated rings. The van der Waals surface area contributed by atoms with E-state index >= 15 is 0 Å². The van der Waals surface area contributed by atoms with Gasteiger partial charge >= 0.3 is 5.97 Å². The lowest BCUT2D eigenvalue weighted by Gasteiger charge is -2.16. The number of esters is 1. The Kier molecular flexibility index (Phi) is 9.16. The SMILES string of the molecule is CCOC(=O)c1c(C(=O)Cc2cc3c(cc2CCNC)OCO3)ccc(OC)c1OC.Cl. The van der Waals surface area contributed by atoms with E-state index in [0.29, 0.717) is 23.7 Å². The van der Waals surface area contributed by atoms with Gasteiger partial charge in [0.05, 0.1) is 20.8 Å². The number of ketones is 1. The molecule has 0 aliphatic carbocycles. The molecule has 0 radical (unpaired) electrons. The predicted molar refractivity (Wildman–Crippen MR) is 121 cm³/mol. The van der Waals surface area contributed by atoms with Crippen LogP contribution in [0.25, 0.3) is 0 Å². The number of hydrogen-bond donors (Lipinski definition) is 1. The fourth-order valence-corrected chi connectivity index (χ4v) is 3.52. The molecule has 8 nitrogen and oxygen atoms in total. The van der Waals surface area contributed by atoms with Gasteiger partial charge in [-0.25, -0.2) is 4.79 Å². The van der Waals surface area contributed by atoms with E-state index in [1.54, 1.807) is 19.1 Å². The normalized spacial score (nSPS) is 11.5. The van der Waals surface area contributed by atoms with Crippen molar-refractivity contribution in [2.24, 2.45) is 0 Å². The Hall–Kier alpha value is -2.97. The summed E-state index contributed by atoms with van der Waals surface area (Å²) in [6.07, 6.45) is 0.796. The highest BCUT2D eigenvalue weighted by Crippen LogP contribution is 2.37. The fourth-order valence-electron chi connectivity index (χ4n) is 3.52. The molecular weight excluding hydrogens is 438 g/mol. The maximum Gasteiger partial charge on any atom is 0.342 e. The van der Waals surface area contributed by atoms with Crippen LogP contribution in [0.5, 0.6) is 23.0 Å². The first-order chi connectivity index (χ1) is 15.0. The minimum absolute atomic E-state index is 0. The third kappa shape index (κ3) is 5.26. The van der Waals surface area contributed by atoms with Gasteiger partial charge in [0.2, 0.25) is 6.79 Å². The number of nitrogens with one attached hydrogen (secondary N) is 1. The summed E-state index contributed by atoms with van der Waals surface area (Å²) in [6, 6.07) is 6.91. The zero-order valence-electron chi connectivity index (χ0n) is 18.6. The Morgan fingerprint density at radius 3 is 2.34 bits per heavy atom. The molecule has 2 aromatic carbocycles. The molecule has 1 N–H and O–H groups in total. The monoisotopic (exact) mass is 465 g/mol. The number of carbonyl (C=O) groups is 2. The van der Waals surface area contributed by atoms with Gasteiger partial charge in [-0.1, -0.05) is 0 Å². The van der Waals surface area contributed by atoms with Gasteiger partial charge in [0.1, 0.15) is 5.56 Å². The van der Waals surface area contributed by atoms with Gasteiger partial charge in [0.25, 0.3) is 0 Å². The van der Waals surface area contributed by atoms with Crippen molar-refractivity contribution in [1.29, 1.82) is 0 Å². The molecule has 9 heteroatoms. The second-order valence-electron chi connectivity index (χ2n) is 6.87. The van der Waals surface area contributed by atoms with Crippen molar-refractivity contribution in [3.05, 3.63) is 46.5 Å². The number of fused-ring (bicyclic) bond motifs is 1. The zero-order valence-corrected chi connectivity index (χ0v) is 19.4. The van der Waals surface area contributed by atoms with E-state index < -0.39 is 5.97 Å². The smallest absolute Gasteiger partial charge is 0.342 e. The van der Waals surface area contributed by atoms with Gasteiger partial charge in [-0.2, -0.15) is 0 Å². The van der Waals surface area contributed by atoms with E-state index in [2.05, 4.69) is 5.32 Å². The first-order valence-corrected chi connectivity index (χ1v) is 10.0. The highest BCUT2D eigenvalue weighted by Gasteiger charge is 2.27. The average molecular weight is 466 g/mol.